The van der Waals surface area contributed by atoms with Crippen LogP contribution in [-0.4, -0.2) is 36.1 Å². The van der Waals surface area contributed by atoms with Crippen LogP contribution in [0.2, 0.25) is 0 Å². The van der Waals surface area contributed by atoms with Crippen molar-refractivity contribution in [3.8, 4) is 0 Å². The maximum atomic E-state index is 11.7. The van der Waals surface area contributed by atoms with Crippen molar-refractivity contribution in [2.45, 2.75) is 32.6 Å². The smallest absolute Gasteiger partial charge is 0.307 e. The molecule has 0 aliphatic heterocycles. The monoisotopic (exact) mass is 257 g/mol. The minimum Gasteiger partial charge on any atom is -0.481 e. The highest BCUT2D eigenvalue weighted by atomic mass is 16.5. The van der Waals surface area contributed by atoms with E-state index in [-0.39, 0.29) is 30.8 Å². The van der Waals surface area contributed by atoms with E-state index < -0.39 is 11.9 Å². The van der Waals surface area contributed by atoms with Crippen LogP contribution in [0, 0.1) is 11.8 Å². The van der Waals surface area contributed by atoms with Gasteiger partial charge in [0.1, 0.15) is 0 Å². The standard InChI is InChI=1S/C12H19NO5/c1-2-18-10(14)5-6-13-11(15)8-3-4-9(7-8)12(16)17/h8-9H,2-7H2,1H3,(H,13,15)(H,16,17)/t8-,9+/m1/s1. The predicted molar refractivity (Wildman–Crippen MR) is 62.7 cm³/mol. The third-order valence-electron chi connectivity index (χ3n) is 3.09. The van der Waals surface area contributed by atoms with Gasteiger partial charge < -0.3 is 15.2 Å². The van der Waals surface area contributed by atoms with Gasteiger partial charge in [0.15, 0.2) is 0 Å². The third-order valence-corrected chi connectivity index (χ3v) is 3.09. The highest BCUT2D eigenvalue weighted by molar-refractivity contribution is 5.81. The van der Waals surface area contributed by atoms with Gasteiger partial charge in [-0.3, -0.25) is 14.4 Å². The molecule has 1 amide bonds. The number of rotatable bonds is 6. The van der Waals surface area contributed by atoms with Gasteiger partial charge >= 0.3 is 11.9 Å². The van der Waals surface area contributed by atoms with Crippen LogP contribution in [0.5, 0.6) is 0 Å². The summed E-state index contributed by atoms with van der Waals surface area (Å²) < 4.78 is 4.73. The minimum atomic E-state index is -0.836. The molecule has 0 saturated heterocycles. The van der Waals surface area contributed by atoms with Crippen LogP contribution >= 0.6 is 0 Å². The van der Waals surface area contributed by atoms with Crippen LogP contribution in [0.3, 0.4) is 0 Å². The zero-order chi connectivity index (χ0) is 13.5. The zero-order valence-corrected chi connectivity index (χ0v) is 10.5. The molecule has 0 bridgehead atoms. The van der Waals surface area contributed by atoms with Gasteiger partial charge in [-0.25, -0.2) is 0 Å². The molecule has 2 N–H and O–H groups in total. The molecule has 0 unspecified atom stereocenters. The van der Waals surface area contributed by atoms with E-state index >= 15 is 0 Å². The fourth-order valence-electron chi connectivity index (χ4n) is 2.11. The van der Waals surface area contributed by atoms with Crippen LogP contribution in [0.25, 0.3) is 0 Å². The number of esters is 1. The van der Waals surface area contributed by atoms with Gasteiger partial charge in [0.05, 0.1) is 18.9 Å². The Balaban J connectivity index is 2.22. The number of hydrogen-bond donors (Lipinski definition) is 2. The molecule has 6 nitrogen and oxygen atoms in total. The lowest BCUT2D eigenvalue weighted by atomic mass is 10.0. The Hall–Kier alpha value is -1.59. The molecule has 0 aromatic carbocycles. The van der Waals surface area contributed by atoms with Gasteiger partial charge in [0, 0.05) is 12.5 Å². The first-order valence-corrected chi connectivity index (χ1v) is 6.20. The number of carbonyl (C=O) groups is 3. The summed E-state index contributed by atoms with van der Waals surface area (Å²) >= 11 is 0. The van der Waals surface area contributed by atoms with Gasteiger partial charge in [-0.2, -0.15) is 0 Å². The summed E-state index contributed by atoms with van der Waals surface area (Å²) in [6.45, 7) is 2.29. The third kappa shape index (κ3) is 4.35. The van der Waals surface area contributed by atoms with Crippen LogP contribution in [0.1, 0.15) is 32.6 Å². The van der Waals surface area contributed by atoms with Gasteiger partial charge in [-0.05, 0) is 26.2 Å². The average molecular weight is 257 g/mol. The summed E-state index contributed by atoms with van der Waals surface area (Å²) in [4.78, 5) is 33.5. The molecule has 1 aliphatic rings. The molecular formula is C12H19NO5. The van der Waals surface area contributed by atoms with Crippen molar-refractivity contribution in [1.82, 2.24) is 5.32 Å². The topological polar surface area (TPSA) is 92.7 Å². The Kier molecular flexibility index (Phi) is 5.61. The lowest BCUT2D eigenvalue weighted by Crippen LogP contribution is -2.31. The van der Waals surface area contributed by atoms with Gasteiger partial charge in [-0.1, -0.05) is 0 Å². The Morgan fingerprint density at radius 2 is 1.94 bits per heavy atom. The van der Waals surface area contributed by atoms with Crippen LogP contribution in [0.15, 0.2) is 0 Å². The largest absolute Gasteiger partial charge is 0.481 e. The molecule has 0 spiro atoms. The Morgan fingerprint density at radius 1 is 1.28 bits per heavy atom. The number of carbonyl (C=O) groups excluding carboxylic acids is 2. The molecule has 1 aliphatic carbocycles. The molecule has 1 saturated carbocycles. The summed E-state index contributed by atoms with van der Waals surface area (Å²) in [7, 11) is 0. The normalized spacial score (nSPS) is 22.5. The summed E-state index contributed by atoms with van der Waals surface area (Å²) in [5.74, 6) is -1.99. The van der Waals surface area contributed by atoms with Crippen LogP contribution in [0.4, 0.5) is 0 Å². The Bertz CT molecular complexity index is 328. The van der Waals surface area contributed by atoms with Crippen molar-refractivity contribution >= 4 is 17.8 Å². The fraction of sp³-hybridized carbons (Fsp3) is 0.750. The molecule has 0 aromatic heterocycles. The number of amides is 1. The van der Waals surface area contributed by atoms with Gasteiger partial charge in [0.2, 0.25) is 5.91 Å². The van der Waals surface area contributed by atoms with E-state index in [1.807, 2.05) is 0 Å². The predicted octanol–water partition coefficient (Wildman–Crippen LogP) is 0.557. The van der Waals surface area contributed by atoms with Crippen molar-refractivity contribution < 1.29 is 24.2 Å². The van der Waals surface area contributed by atoms with Crippen molar-refractivity contribution in [2.75, 3.05) is 13.2 Å². The molecule has 0 heterocycles. The first-order valence-electron chi connectivity index (χ1n) is 6.20. The second kappa shape index (κ2) is 6.98. The van der Waals surface area contributed by atoms with Crippen molar-refractivity contribution in [2.24, 2.45) is 11.8 Å². The highest BCUT2D eigenvalue weighted by Crippen LogP contribution is 2.30. The number of carboxylic acids is 1. The Labute approximate surface area is 106 Å². The molecule has 102 valence electrons. The summed E-state index contributed by atoms with van der Waals surface area (Å²) in [5.41, 5.74) is 0. The quantitative estimate of drug-likeness (QED) is 0.678. The van der Waals surface area contributed by atoms with Crippen LogP contribution in [-0.2, 0) is 19.1 Å². The Morgan fingerprint density at radius 3 is 2.50 bits per heavy atom. The van der Waals surface area contributed by atoms with E-state index in [0.717, 1.165) is 0 Å². The summed E-state index contributed by atoms with van der Waals surface area (Å²) in [6, 6.07) is 0. The van der Waals surface area contributed by atoms with Crippen molar-refractivity contribution in [3.05, 3.63) is 0 Å². The number of nitrogens with one attached hydrogen (secondary N) is 1. The molecule has 1 rings (SSSR count). The van der Waals surface area contributed by atoms with E-state index in [1.54, 1.807) is 6.92 Å². The lowest BCUT2D eigenvalue weighted by Gasteiger charge is -2.10. The van der Waals surface area contributed by atoms with E-state index in [0.29, 0.717) is 25.9 Å². The van der Waals surface area contributed by atoms with E-state index in [4.69, 9.17) is 9.84 Å². The molecular weight excluding hydrogens is 238 g/mol. The van der Waals surface area contributed by atoms with Crippen molar-refractivity contribution in [3.63, 3.8) is 0 Å². The lowest BCUT2D eigenvalue weighted by molar-refractivity contribution is -0.143. The second-order valence-corrected chi connectivity index (χ2v) is 4.39. The maximum Gasteiger partial charge on any atom is 0.307 e. The maximum absolute atomic E-state index is 11.7. The first-order chi connectivity index (χ1) is 8.54. The molecule has 1 fully saturated rings. The summed E-state index contributed by atoms with van der Waals surface area (Å²) in [6.07, 6.45) is 1.68. The number of aliphatic carboxylic acids is 1. The first kappa shape index (κ1) is 14.5. The zero-order valence-electron chi connectivity index (χ0n) is 10.5. The molecule has 0 aromatic rings. The van der Waals surface area contributed by atoms with Gasteiger partial charge in [0.25, 0.3) is 0 Å². The van der Waals surface area contributed by atoms with E-state index in [1.165, 1.54) is 0 Å². The second-order valence-electron chi connectivity index (χ2n) is 4.39. The van der Waals surface area contributed by atoms with Crippen molar-refractivity contribution in [1.29, 1.82) is 0 Å². The molecule has 18 heavy (non-hydrogen) atoms. The molecule has 6 heteroatoms. The van der Waals surface area contributed by atoms with Gasteiger partial charge in [-0.15, -0.1) is 0 Å². The SMILES string of the molecule is CCOC(=O)CCNC(=O)[C@@H]1CC[C@H](C(=O)O)C1. The molecule has 2 atom stereocenters. The minimum absolute atomic E-state index is 0.147. The van der Waals surface area contributed by atoms with Crippen LogP contribution < -0.4 is 5.32 Å². The fourth-order valence-corrected chi connectivity index (χ4v) is 2.11. The number of hydrogen-bond acceptors (Lipinski definition) is 4. The van der Waals surface area contributed by atoms with E-state index in [9.17, 15) is 14.4 Å². The number of carboxylic acid groups (broad SMARTS) is 1. The van der Waals surface area contributed by atoms with E-state index in [2.05, 4.69) is 5.32 Å². The summed E-state index contributed by atoms with van der Waals surface area (Å²) in [5, 5.41) is 11.5. The average Bonchev–Trinajstić information content (AvgIpc) is 2.78. The number of ether oxygens (including phenoxy) is 1. The highest BCUT2D eigenvalue weighted by Gasteiger charge is 2.33. The molecule has 0 radical (unpaired) electrons.